The van der Waals surface area contributed by atoms with Crippen molar-refractivity contribution in [2.75, 3.05) is 19.0 Å². The highest BCUT2D eigenvalue weighted by Gasteiger charge is 2.26. The SMILES string of the molecule is CN(C)c1ncnc(-n2cnc3ccccc32)c1[N+](=O)[O-]. The van der Waals surface area contributed by atoms with Crippen LogP contribution in [0.2, 0.25) is 0 Å². The summed E-state index contributed by atoms with van der Waals surface area (Å²) in [6, 6.07) is 7.38. The second-order valence-corrected chi connectivity index (χ2v) is 4.62. The molecule has 2 heterocycles. The lowest BCUT2D eigenvalue weighted by molar-refractivity contribution is -0.384. The van der Waals surface area contributed by atoms with E-state index in [0.29, 0.717) is 0 Å². The number of hydrogen-bond donors (Lipinski definition) is 0. The van der Waals surface area contributed by atoms with E-state index in [4.69, 9.17) is 0 Å². The standard InChI is InChI=1S/C13H12N6O2/c1-17(2)12-11(19(20)21)13(15-7-14-12)18-8-16-9-5-3-4-6-10(9)18/h3-8H,1-2H3. The highest BCUT2D eigenvalue weighted by molar-refractivity contribution is 5.79. The maximum atomic E-state index is 11.4. The van der Waals surface area contributed by atoms with Crippen molar-refractivity contribution in [2.24, 2.45) is 0 Å². The van der Waals surface area contributed by atoms with Gasteiger partial charge >= 0.3 is 5.69 Å². The molecule has 0 bridgehead atoms. The maximum Gasteiger partial charge on any atom is 0.354 e. The predicted octanol–water partition coefficient (Wildman–Crippen LogP) is 1.79. The second kappa shape index (κ2) is 4.82. The number of para-hydroxylation sites is 2. The molecule has 3 aromatic rings. The molecule has 0 N–H and O–H groups in total. The Kier molecular flexibility index (Phi) is 2.98. The van der Waals surface area contributed by atoms with Crippen LogP contribution in [-0.4, -0.2) is 38.5 Å². The van der Waals surface area contributed by atoms with Gasteiger partial charge in [0.25, 0.3) is 0 Å². The Morgan fingerprint density at radius 1 is 1.19 bits per heavy atom. The first-order chi connectivity index (χ1) is 10.1. The van der Waals surface area contributed by atoms with Crippen molar-refractivity contribution >= 4 is 22.5 Å². The molecule has 2 aromatic heterocycles. The summed E-state index contributed by atoms with van der Waals surface area (Å²) in [5, 5.41) is 11.4. The van der Waals surface area contributed by atoms with Crippen LogP contribution in [0.1, 0.15) is 0 Å². The number of fused-ring (bicyclic) bond motifs is 1. The monoisotopic (exact) mass is 284 g/mol. The molecule has 0 aliphatic rings. The van der Waals surface area contributed by atoms with Gasteiger partial charge in [0.05, 0.1) is 16.0 Å². The summed E-state index contributed by atoms with van der Waals surface area (Å²) in [6.07, 6.45) is 2.84. The first-order valence-corrected chi connectivity index (χ1v) is 6.18. The zero-order valence-electron chi connectivity index (χ0n) is 11.5. The molecule has 0 unspecified atom stereocenters. The van der Waals surface area contributed by atoms with E-state index in [0.717, 1.165) is 11.0 Å². The van der Waals surface area contributed by atoms with Gasteiger partial charge in [0, 0.05) is 14.1 Å². The van der Waals surface area contributed by atoms with E-state index in [1.807, 2.05) is 24.3 Å². The van der Waals surface area contributed by atoms with Crippen LogP contribution >= 0.6 is 0 Å². The first-order valence-electron chi connectivity index (χ1n) is 6.18. The number of benzene rings is 1. The van der Waals surface area contributed by atoms with Gasteiger partial charge in [-0.25, -0.2) is 15.0 Å². The third kappa shape index (κ3) is 2.06. The molecular weight excluding hydrogens is 272 g/mol. The summed E-state index contributed by atoms with van der Waals surface area (Å²) in [7, 11) is 3.40. The summed E-state index contributed by atoms with van der Waals surface area (Å²) in [6.45, 7) is 0. The van der Waals surface area contributed by atoms with Crippen molar-refractivity contribution in [2.45, 2.75) is 0 Å². The van der Waals surface area contributed by atoms with Gasteiger partial charge in [-0.1, -0.05) is 12.1 Å². The lowest BCUT2D eigenvalue weighted by Crippen LogP contribution is -2.15. The van der Waals surface area contributed by atoms with Crippen molar-refractivity contribution in [3.63, 3.8) is 0 Å². The highest BCUT2D eigenvalue weighted by Crippen LogP contribution is 2.30. The largest absolute Gasteiger partial charge is 0.357 e. The van der Waals surface area contributed by atoms with Gasteiger partial charge in [-0.15, -0.1) is 0 Å². The fourth-order valence-electron chi connectivity index (χ4n) is 2.16. The Balaban J connectivity index is 2.32. The molecule has 0 amide bonds. The number of hydrogen-bond acceptors (Lipinski definition) is 6. The zero-order valence-corrected chi connectivity index (χ0v) is 11.5. The summed E-state index contributed by atoms with van der Waals surface area (Å²) in [4.78, 5) is 24.9. The molecule has 106 valence electrons. The molecule has 8 nitrogen and oxygen atoms in total. The molecule has 0 spiro atoms. The van der Waals surface area contributed by atoms with Crippen LogP contribution in [0.25, 0.3) is 16.9 Å². The molecule has 0 saturated carbocycles. The Hall–Kier alpha value is -3.03. The molecule has 0 saturated heterocycles. The van der Waals surface area contributed by atoms with E-state index in [2.05, 4.69) is 15.0 Å². The number of nitrogens with zero attached hydrogens (tertiary/aromatic N) is 6. The molecule has 1 aromatic carbocycles. The molecule has 0 aliphatic carbocycles. The average molecular weight is 284 g/mol. The number of aromatic nitrogens is 4. The fourth-order valence-corrected chi connectivity index (χ4v) is 2.16. The summed E-state index contributed by atoms with van der Waals surface area (Å²) in [5.74, 6) is 0.454. The first kappa shape index (κ1) is 13.0. The third-order valence-electron chi connectivity index (χ3n) is 3.07. The predicted molar refractivity (Wildman–Crippen MR) is 77.6 cm³/mol. The summed E-state index contributed by atoms with van der Waals surface area (Å²) >= 11 is 0. The van der Waals surface area contributed by atoms with Crippen LogP contribution in [-0.2, 0) is 0 Å². The normalized spacial score (nSPS) is 10.8. The van der Waals surface area contributed by atoms with Crippen molar-refractivity contribution in [1.82, 2.24) is 19.5 Å². The minimum atomic E-state index is -0.473. The average Bonchev–Trinajstić information content (AvgIpc) is 2.90. The summed E-state index contributed by atoms with van der Waals surface area (Å²) in [5.41, 5.74) is 1.35. The Morgan fingerprint density at radius 3 is 2.67 bits per heavy atom. The van der Waals surface area contributed by atoms with Crippen LogP contribution < -0.4 is 4.90 Å². The van der Waals surface area contributed by atoms with E-state index in [1.54, 1.807) is 23.6 Å². The zero-order chi connectivity index (χ0) is 15.0. The van der Waals surface area contributed by atoms with E-state index < -0.39 is 4.92 Å². The van der Waals surface area contributed by atoms with Gasteiger partial charge in [0.2, 0.25) is 11.6 Å². The number of rotatable bonds is 3. The van der Waals surface area contributed by atoms with Crippen LogP contribution in [0.4, 0.5) is 11.5 Å². The number of nitro groups is 1. The third-order valence-corrected chi connectivity index (χ3v) is 3.07. The molecular formula is C13H12N6O2. The van der Waals surface area contributed by atoms with Crippen LogP contribution in [0.5, 0.6) is 0 Å². The lowest BCUT2D eigenvalue weighted by atomic mass is 10.3. The molecule has 0 atom stereocenters. The number of imidazole rings is 1. The van der Waals surface area contributed by atoms with Crippen molar-refractivity contribution in [3.05, 3.63) is 47.0 Å². The Morgan fingerprint density at radius 2 is 1.95 bits per heavy atom. The topological polar surface area (TPSA) is 90.0 Å². The van der Waals surface area contributed by atoms with Crippen molar-refractivity contribution in [3.8, 4) is 5.82 Å². The van der Waals surface area contributed by atoms with Crippen LogP contribution in [0, 0.1) is 10.1 Å². The smallest absolute Gasteiger partial charge is 0.354 e. The van der Waals surface area contributed by atoms with Gasteiger partial charge < -0.3 is 4.90 Å². The van der Waals surface area contributed by atoms with Crippen LogP contribution in [0.3, 0.4) is 0 Å². The quantitative estimate of drug-likeness (QED) is 0.538. The minimum Gasteiger partial charge on any atom is -0.357 e. The number of anilines is 1. The molecule has 8 heteroatoms. The second-order valence-electron chi connectivity index (χ2n) is 4.62. The van der Waals surface area contributed by atoms with Gasteiger partial charge in [0.15, 0.2) is 0 Å². The van der Waals surface area contributed by atoms with Crippen LogP contribution in [0.15, 0.2) is 36.9 Å². The Labute approximate surface area is 119 Å². The van der Waals surface area contributed by atoms with Crippen molar-refractivity contribution in [1.29, 1.82) is 0 Å². The molecule has 0 fully saturated rings. The highest BCUT2D eigenvalue weighted by atomic mass is 16.6. The molecule has 3 rings (SSSR count). The van der Waals surface area contributed by atoms with Gasteiger partial charge in [-0.05, 0) is 12.1 Å². The van der Waals surface area contributed by atoms with E-state index in [1.165, 1.54) is 12.7 Å². The van der Waals surface area contributed by atoms with Gasteiger partial charge in [0.1, 0.15) is 12.7 Å². The molecule has 21 heavy (non-hydrogen) atoms. The van der Waals surface area contributed by atoms with E-state index in [-0.39, 0.29) is 17.3 Å². The van der Waals surface area contributed by atoms with E-state index >= 15 is 0 Å². The van der Waals surface area contributed by atoms with Gasteiger partial charge in [-0.2, -0.15) is 0 Å². The fraction of sp³-hybridized carbons (Fsp3) is 0.154. The molecule has 0 radical (unpaired) electrons. The lowest BCUT2D eigenvalue weighted by Gasteiger charge is -2.13. The summed E-state index contributed by atoms with van der Waals surface area (Å²) < 4.78 is 1.60. The Bertz CT molecular complexity index is 826. The maximum absolute atomic E-state index is 11.4. The van der Waals surface area contributed by atoms with Gasteiger partial charge in [-0.3, -0.25) is 14.7 Å². The molecule has 0 aliphatic heterocycles. The van der Waals surface area contributed by atoms with E-state index in [9.17, 15) is 10.1 Å². The minimum absolute atomic E-state index is 0.148. The van der Waals surface area contributed by atoms with Crippen molar-refractivity contribution < 1.29 is 4.92 Å².